The fourth-order valence-corrected chi connectivity index (χ4v) is 10.7. The Balaban J connectivity index is 1.16. The van der Waals surface area contributed by atoms with Crippen molar-refractivity contribution < 1.29 is 4.42 Å². The summed E-state index contributed by atoms with van der Waals surface area (Å²) in [6.07, 6.45) is 0. The molecule has 0 saturated carbocycles. The zero-order valence-electron chi connectivity index (χ0n) is 26.0. The van der Waals surface area contributed by atoms with Gasteiger partial charge < -0.3 is 8.98 Å². The SMILES string of the molecule is C[Si]1(C)c2ccccc2-c2c(-c3ccccc3)nc(-c3ccc(-n4c5ccccc5c5c6oc7ccccc7c6ccc54)cc3)nc21. The molecule has 3 aromatic heterocycles. The summed E-state index contributed by atoms with van der Waals surface area (Å²) in [6.45, 7) is 4.82. The second-order valence-corrected chi connectivity index (χ2v) is 17.3. The van der Waals surface area contributed by atoms with Crippen molar-refractivity contribution in [1.29, 1.82) is 0 Å². The van der Waals surface area contributed by atoms with Gasteiger partial charge in [-0.2, -0.15) is 0 Å². The van der Waals surface area contributed by atoms with E-state index in [2.05, 4.69) is 145 Å². The molecule has 0 radical (unpaired) electrons. The van der Waals surface area contributed by atoms with E-state index in [4.69, 9.17) is 14.4 Å². The molecule has 9 aromatic rings. The van der Waals surface area contributed by atoms with E-state index in [1.807, 2.05) is 12.1 Å². The minimum atomic E-state index is -2.02. The average Bonchev–Trinajstić information content (AvgIpc) is 3.74. The van der Waals surface area contributed by atoms with Crippen LogP contribution >= 0.6 is 0 Å². The normalized spacial score (nSPS) is 13.5. The molecule has 0 fully saturated rings. The van der Waals surface area contributed by atoms with Crippen LogP contribution in [0.4, 0.5) is 0 Å². The second-order valence-electron chi connectivity index (χ2n) is 13.0. The zero-order valence-corrected chi connectivity index (χ0v) is 27.0. The highest BCUT2D eigenvalue weighted by atomic mass is 28.3. The van der Waals surface area contributed by atoms with Crippen molar-refractivity contribution in [3.63, 3.8) is 0 Å². The Kier molecular flexibility index (Phi) is 5.41. The molecule has 0 saturated heterocycles. The van der Waals surface area contributed by atoms with Gasteiger partial charge >= 0.3 is 0 Å². The summed E-state index contributed by atoms with van der Waals surface area (Å²) in [6, 6.07) is 49.4. The first-order chi connectivity index (χ1) is 23.1. The van der Waals surface area contributed by atoms with E-state index in [0.717, 1.165) is 66.7 Å². The summed E-state index contributed by atoms with van der Waals surface area (Å²) < 4.78 is 8.84. The van der Waals surface area contributed by atoms with Crippen LogP contribution in [0.15, 0.2) is 144 Å². The first kappa shape index (κ1) is 26.4. The molecule has 0 bridgehead atoms. The molecular formula is C42H29N3OSi. The number of aromatic nitrogens is 3. The molecule has 1 aliphatic rings. The Morgan fingerprint density at radius 2 is 1.30 bits per heavy atom. The highest BCUT2D eigenvalue weighted by Gasteiger charge is 2.41. The Labute approximate surface area is 272 Å². The summed E-state index contributed by atoms with van der Waals surface area (Å²) >= 11 is 0. The maximum atomic E-state index is 6.50. The van der Waals surface area contributed by atoms with Crippen LogP contribution in [0.1, 0.15) is 0 Å². The van der Waals surface area contributed by atoms with Gasteiger partial charge in [0.15, 0.2) is 5.82 Å². The lowest BCUT2D eigenvalue weighted by Crippen LogP contribution is -2.50. The smallest absolute Gasteiger partial charge is 0.159 e. The first-order valence-corrected chi connectivity index (χ1v) is 19.1. The van der Waals surface area contributed by atoms with Gasteiger partial charge in [-0.1, -0.05) is 104 Å². The molecule has 4 nitrogen and oxygen atoms in total. The lowest BCUT2D eigenvalue weighted by molar-refractivity contribution is 0.673. The lowest BCUT2D eigenvalue weighted by atomic mass is 10.0. The summed E-state index contributed by atoms with van der Waals surface area (Å²) in [5.41, 5.74) is 10.8. The molecule has 47 heavy (non-hydrogen) atoms. The van der Waals surface area contributed by atoms with Crippen molar-refractivity contribution in [3.8, 4) is 39.5 Å². The van der Waals surface area contributed by atoms with Gasteiger partial charge in [0, 0.05) is 43.9 Å². The molecule has 10 rings (SSSR count). The van der Waals surface area contributed by atoms with Crippen molar-refractivity contribution in [2.75, 3.05) is 0 Å². The van der Waals surface area contributed by atoms with Gasteiger partial charge in [-0.25, -0.2) is 9.97 Å². The van der Waals surface area contributed by atoms with Crippen molar-refractivity contribution >= 4 is 62.3 Å². The molecule has 1 aliphatic heterocycles. The maximum absolute atomic E-state index is 6.50. The molecule has 5 heteroatoms. The fraction of sp³-hybridized carbons (Fsp3) is 0.0476. The Morgan fingerprint density at radius 3 is 2.15 bits per heavy atom. The van der Waals surface area contributed by atoms with E-state index in [9.17, 15) is 0 Å². The van der Waals surface area contributed by atoms with Gasteiger partial charge in [-0.15, -0.1) is 0 Å². The van der Waals surface area contributed by atoms with Gasteiger partial charge in [0.1, 0.15) is 19.2 Å². The lowest BCUT2D eigenvalue weighted by Gasteiger charge is -2.19. The molecule has 6 aromatic carbocycles. The van der Waals surface area contributed by atoms with Gasteiger partial charge in [-0.3, -0.25) is 0 Å². The van der Waals surface area contributed by atoms with Crippen LogP contribution in [0.25, 0.3) is 83.2 Å². The average molecular weight is 620 g/mol. The van der Waals surface area contributed by atoms with Crippen LogP contribution in [0.3, 0.4) is 0 Å². The quantitative estimate of drug-likeness (QED) is 0.185. The number of nitrogens with zero attached hydrogens (tertiary/aromatic N) is 3. The number of fused-ring (bicyclic) bond motifs is 10. The van der Waals surface area contributed by atoms with E-state index in [1.54, 1.807) is 0 Å². The van der Waals surface area contributed by atoms with E-state index in [1.165, 1.54) is 27.0 Å². The summed E-state index contributed by atoms with van der Waals surface area (Å²) in [4.78, 5) is 10.6. The minimum absolute atomic E-state index is 0.772. The summed E-state index contributed by atoms with van der Waals surface area (Å²) in [5, 5.41) is 7.24. The number of rotatable bonds is 3. The van der Waals surface area contributed by atoms with Gasteiger partial charge in [-0.05, 0) is 59.3 Å². The largest absolute Gasteiger partial charge is 0.455 e. The topological polar surface area (TPSA) is 43.9 Å². The monoisotopic (exact) mass is 619 g/mol. The first-order valence-electron chi connectivity index (χ1n) is 16.1. The minimum Gasteiger partial charge on any atom is -0.455 e. The van der Waals surface area contributed by atoms with Crippen LogP contribution in [0.2, 0.25) is 13.1 Å². The standard InChI is InChI=1S/C42H29N3OSi/c1-47(2)36-19-11-8-16-32(36)38-39(26-12-4-3-5-13-26)43-41(44-42(38)47)27-20-22-28(23-21-27)45-33-17-9-6-15-31(33)37-34(45)25-24-30-29-14-7-10-18-35(29)46-40(30)37/h3-25H,1-2H3. The van der Waals surface area contributed by atoms with E-state index in [-0.39, 0.29) is 0 Å². The van der Waals surface area contributed by atoms with E-state index < -0.39 is 8.07 Å². The molecule has 0 atom stereocenters. The van der Waals surface area contributed by atoms with Crippen molar-refractivity contribution in [1.82, 2.24) is 14.5 Å². The number of para-hydroxylation sites is 2. The molecule has 0 amide bonds. The zero-order chi connectivity index (χ0) is 31.3. The Bertz CT molecular complexity index is 2700. The molecule has 4 heterocycles. The second kappa shape index (κ2) is 9.61. The van der Waals surface area contributed by atoms with Crippen LogP contribution in [-0.2, 0) is 0 Å². The van der Waals surface area contributed by atoms with Crippen molar-refractivity contribution in [3.05, 3.63) is 140 Å². The van der Waals surface area contributed by atoms with Gasteiger partial charge in [0.25, 0.3) is 0 Å². The van der Waals surface area contributed by atoms with E-state index >= 15 is 0 Å². The molecule has 0 aliphatic carbocycles. The van der Waals surface area contributed by atoms with E-state index in [0.29, 0.717) is 0 Å². The Hall–Kier alpha value is -5.78. The fourth-order valence-electron chi connectivity index (χ4n) is 7.75. The maximum Gasteiger partial charge on any atom is 0.159 e. The number of benzene rings is 6. The highest BCUT2D eigenvalue weighted by Crippen LogP contribution is 2.41. The van der Waals surface area contributed by atoms with Crippen LogP contribution in [-0.4, -0.2) is 22.6 Å². The summed E-state index contributed by atoms with van der Waals surface area (Å²) in [5.74, 6) is 0.772. The number of hydrogen-bond acceptors (Lipinski definition) is 3. The van der Waals surface area contributed by atoms with Gasteiger partial charge in [0.05, 0.1) is 22.1 Å². The molecule has 222 valence electrons. The number of furan rings is 1. The predicted octanol–water partition coefficient (Wildman–Crippen LogP) is 9.61. The molecule has 0 N–H and O–H groups in total. The van der Waals surface area contributed by atoms with Crippen LogP contribution in [0, 0.1) is 0 Å². The number of hydrogen-bond donors (Lipinski definition) is 0. The van der Waals surface area contributed by atoms with Crippen molar-refractivity contribution in [2.24, 2.45) is 0 Å². The third-order valence-electron chi connectivity index (χ3n) is 9.98. The molecule has 0 unspecified atom stereocenters. The van der Waals surface area contributed by atoms with Gasteiger partial charge in [0.2, 0.25) is 0 Å². The third kappa shape index (κ3) is 3.69. The third-order valence-corrected chi connectivity index (χ3v) is 13.3. The Morgan fingerprint density at radius 1 is 0.574 bits per heavy atom. The predicted molar refractivity (Wildman–Crippen MR) is 197 cm³/mol. The highest BCUT2D eigenvalue weighted by molar-refractivity contribution is 7.03. The van der Waals surface area contributed by atoms with Crippen LogP contribution < -0.4 is 10.5 Å². The van der Waals surface area contributed by atoms with Crippen molar-refractivity contribution in [2.45, 2.75) is 13.1 Å². The molecular weight excluding hydrogens is 591 g/mol. The summed E-state index contributed by atoms with van der Waals surface area (Å²) in [7, 11) is -2.02. The molecule has 0 spiro atoms. The van der Waals surface area contributed by atoms with Crippen LogP contribution in [0.5, 0.6) is 0 Å².